The van der Waals surface area contributed by atoms with Gasteiger partial charge in [0.25, 0.3) is 11.5 Å². The number of aromatic amines is 1. The lowest BCUT2D eigenvalue weighted by Crippen LogP contribution is -2.13. The Labute approximate surface area is 125 Å². The molecule has 1 amide bonds. The highest BCUT2D eigenvalue weighted by molar-refractivity contribution is 6.03. The first-order valence-electron chi connectivity index (χ1n) is 7.12. The summed E-state index contributed by atoms with van der Waals surface area (Å²) in [6, 6.07) is 7.02. The largest absolute Gasteiger partial charge is 0.351 e. The Kier molecular flexibility index (Phi) is 2.82. The van der Waals surface area contributed by atoms with E-state index < -0.39 is 0 Å². The highest BCUT2D eigenvalue weighted by atomic mass is 16.5. The molecule has 2 heterocycles. The number of fused-ring (bicyclic) bond motifs is 3. The Morgan fingerprint density at radius 3 is 2.91 bits per heavy atom. The second kappa shape index (κ2) is 4.84. The molecule has 1 aliphatic carbocycles. The molecular weight excluding hydrogens is 282 g/mol. The van der Waals surface area contributed by atoms with Crippen LogP contribution in [0.4, 0.5) is 5.69 Å². The molecule has 0 saturated carbocycles. The topological polar surface area (TPSA) is 88.0 Å². The molecule has 0 aliphatic heterocycles. The van der Waals surface area contributed by atoms with E-state index in [1.807, 2.05) is 12.1 Å². The molecule has 0 unspecified atom stereocenters. The van der Waals surface area contributed by atoms with E-state index >= 15 is 0 Å². The van der Waals surface area contributed by atoms with E-state index in [0.717, 1.165) is 41.3 Å². The van der Waals surface area contributed by atoms with Crippen molar-refractivity contribution in [3.8, 4) is 0 Å². The minimum atomic E-state index is -0.375. The summed E-state index contributed by atoms with van der Waals surface area (Å²) in [5.41, 5.74) is 3.33. The number of nitrogens with zero attached hydrogens (tertiary/aromatic N) is 1. The molecule has 0 bridgehead atoms. The number of benzene rings is 1. The second-order valence-corrected chi connectivity index (χ2v) is 5.36. The van der Waals surface area contributed by atoms with Gasteiger partial charge in [0.15, 0.2) is 0 Å². The number of pyridine rings is 1. The van der Waals surface area contributed by atoms with Crippen LogP contribution in [0.2, 0.25) is 0 Å². The van der Waals surface area contributed by atoms with Gasteiger partial charge in [-0.15, -0.1) is 0 Å². The Morgan fingerprint density at radius 1 is 1.23 bits per heavy atom. The van der Waals surface area contributed by atoms with Crippen LogP contribution in [0.5, 0.6) is 0 Å². The highest BCUT2D eigenvalue weighted by Gasteiger charge is 2.18. The molecule has 3 aromatic rings. The fourth-order valence-electron chi connectivity index (χ4n) is 3.00. The zero-order valence-corrected chi connectivity index (χ0v) is 11.7. The maximum Gasteiger partial charge on any atom is 0.294 e. The number of hydrogen-bond acceptors (Lipinski definition) is 4. The van der Waals surface area contributed by atoms with E-state index in [9.17, 15) is 9.59 Å². The SMILES string of the molecule is O=C(Nc1ccc2c3c(c(=O)[nH]c2c1)CCC3)c1ccno1. The lowest BCUT2D eigenvalue weighted by molar-refractivity contribution is 0.0988. The van der Waals surface area contributed by atoms with Gasteiger partial charge in [0.2, 0.25) is 5.76 Å². The van der Waals surface area contributed by atoms with Crippen molar-refractivity contribution in [1.29, 1.82) is 0 Å². The van der Waals surface area contributed by atoms with Crippen molar-refractivity contribution in [3.05, 3.63) is 57.7 Å². The van der Waals surface area contributed by atoms with Gasteiger partial charge in [0.1, 0.15) is 0 Å². The van der Waals surface area contributed by atoms with E-state index in [1.165, 1.54) is 12.3 Å². The standard InChI is InChI=1S/C16H13N3O3/c20-15-12-3-1-2-10(12)11-5-4-9(8-13(11)19-15)18-16(21)14-6-7-17-22-14/h4-8H,1-3H2,(H,18,21)(H,19,20). The quantitative estimate of drug-likeness (QED) is 0.759. The van der Waals surface area contributed by atoms with Crippen molar-refractivity contribution in [3.63, 3.8) is 0 Å². The first-order valence-corrected chi connectivity index (χ1v) is 7.12. The number of nitrogens with one attached hydrogen (secondary N) is 2. The summed E-state index contributed by atoms with van der Waals surface area (Å²) in [6.07, 6.45) is 4.20. The fourth-order valence-corrected chi connectivity index (χ4v) is 3.00. The Hall–Kier alpha value is -2.89. The Bertz CT molecular complexity index is 926. The molecule has 6 heteroatoms. The molecule has 0 fully saturated rings. The lowest BCUT2D eigenvalue weighted by Gasteiger charge is -2.08. The van der Waals surface area contributed by atoms with Crippen LogP contribution in [0.1, 0.15) is 28.1 Å². The normalized spacial score (nSPS) is 13.3. The van der Waals surface area contributed by atoms with Crippen LogP contribution >= 0.6 is 0 Å². The zero-order chi connectivity index (χ0) is 15.1. The molecule has 0 radical (unpaired) electrons. The van der Waals surface area contributed by atoms with E-state index in [0.29, 0.717) is 5.69 Å². The van der Waals surface area contributed by atoms with Crippen LogP contribution in [0.3, 0.4) is 0 Å². The monoisotopic (exact) mass is 295 g/mol. The van der Waals surface area contributed by atoms with Gasteiger partial charge in [-0.1, -0.05) is 11.2 Å². The molecule has 0 atom stereocenters. The zero-order valence-electron chi connectivity index (χ0n) is 11.7. The van der Waals surface area contributed by atoms with Crippen molar-refractivity contribution < 1.29 is 9.32 Å². The Balaban J connectivity index is 1.74. The minimum absolute atomic E-state index is 0.0290. The summed E-state index contributed by atoms with van der Waals surface area (Å²) in [5.74, 6) is -0.233. The molecule has 6 nitrogen and oxygen atoms in total. The summed E-state index contributed by atoms with van der Waals surface area (Å²) < 4.78 is 4.81. The third-order valence-electron chi connectivity index (χ3n) is 4.00. The third kappa shape index (κ3) is 2.00. The summed E-state index contributed by atoms with van der Waals surface area (Å²) in [7, 11) is 0. The number of amides is 1. The van der Waals surface area contributed by atoms with Gasteiger partial charge in [-0.2, -0.15) is 0 Å². The number of rotatable bonds is 2. The van der Waals surface area contributed by atoms with Gasteiger partial charge in [0.05, 0.1) is 11.7 Å². The summed E-state index contributed by atoms with van der Waals surface area (Å²) >= 11 is 0. The van der Waals surface area contributed by atoms with Gasteiger partial charge in [-0.3, -0.25) is 9.59 Å². The van der Waals surface area contributed by atoms with E-state index in [1.54, 1.807) is 6.07 Å². The molecule has 2 N–H and O–H groups in total. The first kappa shape index (κ1) is 12.8. The van der Waals surface area contributed by atoms with E-state index in [2.05, 4.69) is 15.5 Å². The number of carbonyl (C=O) groups excluding carboxylic acids is 1. The molecule has 4 rings (SSSR count). The molecule has 1 aliphatic rings. The van der Waals surface area contributed by atoms with Crippen LogP contribution in [0, 0.1) is 0 Å². The van der Waals surface area contributed by atoms with Crippen LogP contribution in [0.25, 0.3) is 10.9 Å². The van der Waals surface area contributed by atoms with Gasteiger partial charge in [0, 0.05) is 22.7 Å². The molecule has 1 aromatic carbocycles. The van der Waals surface area contributed by atoms with Gasteiger partial charge >= 0.3 is 0 Å². The molecule has 110 valence electrons. The summed E-state index contributed by atoms with van der Waals surface area (Å²) in [6.45, 7) is 0. The Morgan fingerprint density at radius 2 is 2.09 bits per heavy atom. The number of aryl methyl sites for hydroxylation is 1. The van der Waals surface area contributed by atoms with Crippen molar-refractivity contribution in [2.45, 2.75) is 19.3 Å². The summed E-state index contributed by atoms with van der Waals surface area (Å²) in [5, 5.41) is 7.28. The fraction of sp³-hybridized carbons (Fsp3) is 0.188. The molecule has 22 heavy (non-hydrogen) atoms. The minimum Gasteiger partial charge on any atom is -0.351 e. The molecule has 0 spiro atoms. The maximum absolute atomic E-state index is 12.1. The van der Waals surface area contributed by atoms with Gasteiger partial charge in [-0.05, 0) is 37.0 Å². The van der Waals surface area contributed by atoms with Crippen molar-refractivity contribution >= 4 is 22.5 Å². The average molecular weight is 295 g/mol. The van der Waals surface area contributed by atoms with Crippen LogP contribution in [0.15, 0.2) is 39.8 Å². The van der Waals surface area contributed by atoms with E-state index in [4.69, 9.17) is 4.52 Å². The third-order valence-corrected chi connectivity index (χ3v) is 4.00. The first-order chi connectivity index (χ1) is 10.7. The maximum atomic E-state index is 12.1. The van der Waals surface area contributed by atoms with Crippen molar-refractivity contribution in [2.75, 3.05) is 5.32 Å². The predicted octanol–water partition coefficient (Wildman–Crippen LogP) is 2.26. The second-order valence-electron chi connectivity index (χ2n) is 5.36. The van der Waals surface area contributed by atoms with E-state index in [-0.39, 0.29) is 17.2 Å². The van der Waals surface area contributed by atoms with Crippen LogP contribution < -0.4 is 10.9 Å². The lowest BCUT2D eigenvalue weighted by atomic mass is 10.1. The van der Waals surface area contributed by atoms with Gasteiger partial charge in [-0.25, -0.2) is 0 Å². The number of hydrogen-bond donors (Lipinski definition) is 2. The van der Waals surface area contributed by atoms with Crippen LogP contribution in [-0.2, 0) is 12.8 Å². The number of aromatic nitrogens is 2. The van der Waals surface area contributed by atoms with Crippen molar-refractivity contribution in [1.82, 2.24) is 10.1 Å². The highest BCUT2D eigenvalue weighted by Crippen LogP contribution is 2.27. The number of H-pyrrole nitrogens is 1. The summed E-state index contributed by atoms with van der Waals surface area (Å²) in [4.78, 5) is 26.9. The van der Waals surface area contributed by atoms with Crippen LogP contribution in [-0.4, -0.2) is 16.0 Å². The smallest absolute Gasteiger partial charge is 0.294 e. The average Bonchev–Trinajstić information content (AvgIpc) is 3.19. The number of anilines is 1. The molecule has 0 saturated heterocycles. The molecule has 2 aromatic heterocycles. The number of carbonyl (C=O) groups is 1. The van der Waals surface area contributed by atoms with Crippen molar-refractivity contribution in [2.24, 2.45) is 0 Å². The van der Waals surface area contributed by atoms with Gasteiger partial charge < -0.3 is 14.8 Å². The predicted molar refractivity (Wildman–Crippen MR) is 81.0 cm³/mol. The molecular formula is C16H13N3O3.